The average Bonchev–Trinajstić information content (AvgIpc) is 3.10. The maximum absolute atomic E-state index is 10.6. The smallest absolute Gasteiger partial charge is 0.303 e. The highest BCUT2D eigenvalue weighted by Crippen LogP contribution is 2.50. The minimum atomic E-state index is -0.738. The molecule has 0 radical (unpaired) electrons. The Labute approximate surface area is 157 Å². The van der Waals surface area contributed by atoms with Gasteiger partial charge in [-0.1, -0.05) is 30.7 Å². The number of allylic oxidation sites excluding steroid dienone is 2. The highest BCUT2D eigenvalue weighted by atomic mass is 16.4. The molecule has 0 spiro atoms. The second-order valence-electron chi connectivity index (χ2n) is 7.84. The van der Waals surface area contributed by atoms with Crippen molar-refractivity contribution in [1.29, 1.82) is 0 Å². The van der Waals surface area contributed by atoms with Gasteiger partial charge in [-0.15, -0.1) is 11.8 Å². The van der Waals surface area contributed by atoms with Crippen LogP contribution in [0.3, 0.4) is 0 Å². The Morgan fingerprint density at radius 2 is 2.15 bits per heavy atom. The highest BCUT2D eigenvalue weighted by molar-refractivity contribution is 5.66. The zero-order valence-corrected chi connectivity index (χ0v) is 15.9. The van der Waals surface area contributed by atoms with Crippen molar-refractivity contribution in [2.24, 2.45) is 23.7 Å². The topological polar surface area (TPSA) is 77.8 Å². The third-order valence-corrected chi connectivity index (χ3v) is 5.85. The number of rotatable bonds is 8. The summed E-state index contributed by atoms with van der Waals surface area (Å²) >= 11 is 0. The average molecular weight is 360 g/mol. The molecule has 2 rings (SSSR count). The van der Waals surface area contributed by atoms with Crippen LogP contribution in [0.1, 0.15) is 58.8 Å². The quantitative estimate of drug-likeness (QED) is 0.351. The molecule has 3 N–H and O–H groups in total. The number of aliphatic hydroxyl groups excluding tert-OH is 2. The van der Waals surface area contributed by atoms with Crippen LogP contribution in [0.25, 0.3) is 0 Å². The first-order valence-electron chi connectivity index (χ1n) is 9.76. The third-order valence-electron chi connectivity index (χ3n) is 5.85. The number of unbranched alkanes of at least 4 members (excludes halogenated alkanes) is 1. The van der Waals surface area contributed by atoms with E-state index in [-0.39, 0.29) is 24.4 Å². The SMILES string of the molecule is CC#CCC(C)C(O)C=CC1C(O)CC2CC(=CCCCC(=O)O)CC21. The minimum Gasteiger partial charge on any atom is -0.481 e. The van der Waals surface area contributed by atoms with Crippen LogP contribution in [-0.2, 0) is 4.79 Å². The number of hydrogen-bond donors (Lipinski definition) is 3. The Morgan fingerprint density at radius 1 is 1.38 bits per heavy atom. The van der Waals surface area contributed by atoms with E-state index in [4.69, 9.17) is 5.11 Å². The number of aliphatic carboxylic acids is 1. The Morgan fingerprint density at radius 3 is 2.85 bits per heavy atom. The molecule has 0 aliphatic heterocycles. The van der Waals surface area contributed by atoms with Crippen LogP contribution in [-0.4, -0.2) is 33.5 Å². The highest BCUT2D eigenvalue weighted by Gasteiger charge is 2.44. The van der Waals surface area contributed by atoms with Crippen LogP contribution in [0.4, 0.5) is 0 Å². The van der Waals surface area contributed by atoms with Crippen LogP contribution in [0.5, 0.6) is 0 Å². The molecule has 0 saturated heterocycles. The van der Waals surface area contributed by atoms with Crippen molar-refractivity contribution in [1.82, 2.24) is 0 Å². The lowest BCUT2D eigenvalue weighted by atomic mass is 9.89. The van der Waals surface area contributed by atoms with Crippen LogP contribution < -0.4 is 0 Å². The van der Waals surface area contributed by atoms with Crippen molar-refractivity contribution in [2.75, 3.05) is 0 Å². The zero-order chi connectivity index (χ0) is 19.1. The standard InChI is InChI=1S/C22H32O4/c1-3-4-7-15(2)20(23)11-10-18-19-13-16(8-5-6-9-22(25)26)12-17(19)14-21(18)24/h8,10-11,15,17-21,23-24H,5-7,9,12-14H2,1-2H3,(H,25,26). The lowest BCUT2D eigenvalue weighted by Crippen LogP contribution is -2.19. The Kier molecular flexibility index (Phi) is 7.93. The molecular weight excluding hydrogens is 328 g/mol. The molecule has 2 saturated carbocycles. The molecule has 6 atom stereocenters. The van der Waals surface area contributed by atoms with E-state index >= 15 is 0 Å². The lowest BCUT2D eigenvalue weighted by Gasteiger charge is -2.19. The van der Waals surface area contributed by atoms with E-state index in [0.29, 0.717) is 24.7 Å². The van der Waals surface area contributed by atoms with Crippen molar-refractivity contribution in [2.45, 2.75) is 71.0 Å². The maximum atomic E-state index is 10.6. The molecule has 2 aliphatic rings. The van der Waals surface area contributed by atoms with Gasteiger partial charge in [-0.3, -0.25) is 4.79 Å². The first-order valence-corrected chi connectivity index (χ1v) is 9.76. The van der Waals surface area contributed by atoms with Gasteiger partial charge in [0.05, 0.1) is 12.2 Å². The monoisotopic (exact) mass is 360 g/mol. The Balaban J connectivity index is 1.89. The number of carboxylic acid groups (broad SMARTS) is 1. The fourth-order valence-corrected chi connectivity index (χ4v) is 4.31. The van der Waals surface area contributed by atoms with Crippen molar-refractivity contribution in [3.63, 3.8) is 0 Å². The van der Waals surface area contributed by atoms with Crippen molar-refractivity contribution in [3.05, 3.63) is 23.8 Å². The number of carboxylic acids is 1. The molecule has 2 aliphatic carbocycles. The van der Waals surface area contributed by atoms with E-state index in [9.17, 15) is 15.0 Å². The van der Waals surface area contributed by atoms with Crippen LogP contribution in [0.15, 0.2) is 23.8 Å². The van der Waals surface area contributed by atoms with Crippen molar-refractivity contribution in [3.8, 4) is 11.8 Å². The largest absolute Gasteiger partial charge is 0.481 e. The molecule has 4 heteroatoms. The second-order valence-corrected chi connectivity index (χ2v) is 7.84. The maximum Gasteiger partial charge on any atom is 0.303 e. The summed E-state index contributed by atoms with van der Waals surface area (Å²) in [5.74, 6) is 6.25. The first-order chi connectivity index (χ1) is 12.4. The molecule has 0 amide bonds. The third kappa shape index (κ3) is 5.72. The Bertz CT molecular complexity index is 595. The van der Waals surface area contributed by atoms with Gasteiger partial charge in [-0.25, -0.2) is 0 Å². The summed E-state index contributed by atoms with van der Waals surface area (Å²) in [5, 5.41) is 29.4. The molecule has 4 nitrogen and oxygen atoms in total. The van der Waals surface area contributed by atoms with Gasteiger partial charge in [0.15, 0.2) is 0 Å². The number of hydrogen-bond acceptors (Lipinski definition) is 3. The van der Waals surface area contributed by atoms with E-state index in [0.717, 1.165) is 25.7 Å². The Hall–Kier alpha value is -1.57. The summed E-state index contributed by atoms with van der Waals surface area (Å²) in [6, 6.07) is 0. The van der Waals surface area contributed by atoms with E-state index in [1.54, 1.807) is 6.92 Å². The van der Waals surface area contributed by atoms with Crippen LogP contribution in [0.2, 0.25) is 0 Å². The fourth-order valence-electron chi connectivity index (χ4n) is 4.31. The van der Waals surface area contributed by atoms with E-state index in [1.165, 1.54) is 5.57 Å². The molecule has 26 heavy (non-hydrogen) atoms. The summed E-state index contributed by atoms with van der Waals surface area (Å²) in [6.07, 6.45) is 10.4. The van der Waals surface area contributed by atoms with Gasteiger partial charge in [-0.05, 0) is 56.8 Å². The fraction of sp³-hybridized carbons (Fsp3) is 0.682. The molecule has 144 valence electrons. The van der Waals surface area contributed by atoms with Gasteiger partial charge >= 0.3 is 5.97 Å². The summed E-state index contributed by atoms with van der Waals surface area (Å²) in [6.45, 7) is 3.79. The van der Waals surface area contributed by atoms with E-state index in [2.05, 4.69) is 17.9 Å². The summed E-state index contributed by atoms with van der Waals surface area (Å²) in [7, 11) is 0. The molecule has 0 aromatic rings. The van der Waals surface area contributed by atoms with Crippen molar-refractivity contribution >= 4 is 5.97 Å². The number of carbonyl (C=O) groups is 1. The summed E-state index contributed by atoms with van der Waals surface area (Å²) in [5.41, 5.74) is 1.41. The molecule has 2 fully saturated rings. The predicted octanol–water partition coefficient (Wildman–Crippen LogP) is 3.54. The molecule has 0 bridgehead atoms. The molecule has 0 heterocycles. The van der Waals surface area contributed by atoms with E-state index in [1.807, 2.05) is 19.1 Å². The van der Waals surface area contributed by atoms with Crippen LogP contribution in [0, 0.1) is 35.5 Å². The van der Waals surface area contributed by atoms with Crippen molar-refractivity contribution < 1.29 is 20.1 Å². The number of aliphatic hydroxyl groups is 2. The van der Waals surface area contributed by atoms with Gasteiger partial charge in [0.2, 0.25) is 0 Å². The summed E-state index contributed by atoms with van der Waals surface area (Å²) < 4.78 is 0. The zero-order valence-electron chi connectivity index (χ0n) is 15.9. The molecule has 6 unspecified atom stereocenters. The lowest BCUT2D eigenvalue weighted by molar-refractivity contribution is -0.137. The van der Waals surface area contributed by atoms with Gasteiger partial charge in [0.25, 0.3) is 0 Å². The molecular formula is C22H32O4. The van der Waals surface area contributed by atoms with Gasteiger partial charge in [-0.2, -0.15) is 0 Å². The van der Waals surface area contributed by atoms with Gasteiger partial charge in [0.1, 0.15) is 0 Å². The predicted molar refractivity (Wildman–Crippen MR) is 102 cm³/mol. The van der Waals surface area contributed by atoms with Crippen LogP contribution >= 0.6 is 0 Å². The summed E-state index contributed by atoms with van der Waals surface area (Å²) in [4.78, 5) is 10.6. The second kappa shape index (κ2) is 9.94. The minimum absolute atomic E-state index is 0.0845. The molecule has 0 aromatic carbocycles. The first kappa shape index (κ1) is 20.7. The van der Waals surface area contributed by atoms with Gasteiger partial charge in [0, 0.05) is 18.8 Å². The van der Waals surface area contributed by atoms with Gasteiger partial charge < -0.3 is 15.3 Å². The number of fused-ring (bicyclic) bond motifs is 1. The normalized spacial score (nSPS) is 31.6. The molecule has 0 aromatic heterocycles. The van der Waals surface area contributed by atoms with E-state index < -0.39 is 12.1 Å².